The maximum Gasteiger partial charge on any atom is 0.303 e. The van der Waals surface area contributed by atoms with Gasteiger partial charge in [0.15, 0.2) is 0 Å². The smallest absolute Gasteiger partial charge is 0.303 e. The second kappa shape index (κ2) is 6.36. The molecule has 0 saturated heterocycles. The number of benzene rings is 1. The quantitative estimate of drug-likeness (QED) is 0.792. The van der Waals surface area contributed by atoms with E-state index >= 15 is 0 Å². The number of carbonyl (C=O) groups excluding carboxylic acids is 1. The summed E-state index contributed by atoms with van der Waals surface area (Å²) in [5.74, 6) is -0.373. The molecule has 1 aliphatic carbocycles. The number of aliphatic carboxylic acids is 1. The normalized spacial score (nSPS) is 15.8. The van der Waals surface area contributed by atoms with Gasteiger partial charge in [0.1, 0.15) is 0 Å². The van der Waals surface area contributed by atoms with Crippen LogP contribution in [-0.4, -0.2) is 17.0 Å². The molecule has 0 aliphatic heterocycles. The summed E-state index contributed by atoms with van der Waals surface area (Å²) in [4.78, 5) is 22.2. The molecule has 19 heavy (non-hydrogen) atoms. The maximum atomic E-state index is 11.8. The Morgan fingerprint density at radius 2 is 1.89 bits per heavy atom. The third-order valence-corrected chi connectivity index (χ3v) is 3.36. The molecule has 1 unspecified atom stereocenters. The summed E-state index contributed by atoms with van der Waals surface area (Å²) in [6.07, 6.45) is 3.02. The highest BCUT2D eigenvalue weighted by Crippen LogP contribution is 2.40. The van der Waals surface area contributed by atoms with Crippen LogP contribution in [0.2, 0.25) is 0 Å². The zero-order valence-corrected chi connectivity index (χ0v) is 10.8. The molecule has 2 rings (SSSR count). The first-order valence-electron chi connectivity index (χ1n) is 6.73. The van der Waals surface area contributed by atoms with E-state index in [1.807, 2.05) is 30.3 Å². The Kier molecular flexibility index (Phi) is 4.55. The highest BCUT2D eigenvalue weighted by atomic mass is 16.4. The van der Waals surface area contributed by atoms with E-state index in [9.17, 15) is 9.59 Å². The molecule has 0 spiro atoms. The monoisotopic (exact) mass is 261 g/mol. The van der Waals surface area contributed by atoms with Crippen LogP contribution < -0.4 is 5.32 Å². The van der Waals surface area contributed by atoms with Gasteiger partial charge in [0.2, 0.25) is 5.91 Å². The van der Waals surface area contributed by atoms with E-state index in [-0.39, 0.29) is 24.8 Å². The Morgan fingerprint density at radius 1 is 1.21 bits per heavy atom. The van der Waals surface area contributed by atoms with E-state index in [0.717, 1.165) is 18.4 Å². The van der Waals surface area contributed by atoms with Crippen LogP contribution in [0.5, 0.6) is 0 Å². The number of carboxylic acids is 1. The summed E-state index contributed by atoms with van der Waals surface area (Å²) in [5, 5.41) is 11.6. The van der Waals surface area contributed by atoms with Gasteiger partial charge in [-0.25, -0.2) is 0 Å². The van der Waals surface area contributed by atoms with E-state index in [1.165, 1.54) is 0 Å². The number of nitrogens with one attached hydrogen (secondary N) is 1. The topological polar surface area (TPSA) is 66.4 Å². The predicted molar refractivity (Wildman–Crippen MR) is 71.5 cm³/mol. The molecule has 102 valence electrons. The second-order valence-corrected chi connectivity index (χ2v) is 5.04. The summed E-state index contributed by atoms with van der Waals surface area (Å²) < 4.78 is 0. The van der Waals surface area contributed by atoms with Crippen molar-refractivity contribution in [2.45, 2.75) is 38.1 Å². The third kappa shape index (κ3) is 4.39. The van der Waals surface area contributed by atoms with Crippen LogP contribution in [0.4, 0.5) is 0 Å². The molecule has 1 amide bonds. The molecule has 0 heterocycles. The van der Waals surface area contributed by atoms with Crippen LogP contribution in [0.25, 0.3) is 0 Å². The number of rotatable bonds is 7. The molecule has 1 aromatic rings. The predicted octanol–water partition coefficient (Wildman–Crippen LogP) is 2.51. The molecule has 4 heteroatoms. The summed E-state index contributed by atoms with van der Waals surface area (Å²) >= 11 is 0. The fraction of sp³-hybridized carbons (Fsp3) is 0.467. The first kappa shape index (κ1) is 13.6. The average molecular weight is 261 g/mol. The van der Waals surface area contributed by atoms with Gasteiger partial charge in [0.05, 0.1) is 6.04 Å². The Morgan fingerprint density at radius 3 is 2.47 bits per heavy atom. The molecule has 4 nitrogen and oxygen atoms in total. The Balaban J connectivity index is 1.87. The zero-order chi connectivity index (χ0) is 13.7. The number of carboxylic acid groups (broad SMARTS) is 1. The fourth-order valence-corrected chi connectivity index (χ4v) is 2.21. The minimum atomic E-state index is -0.852. The van der Waals surface area contributed by atoms with Gasteiger partial charge in [-0.15, -0.1) is 0 Å². The van der Waals surface area contributed by atoms with Crippen molar-refractivity contribution in [1.29, 1.82) is 0 Å². The van der Waals surface area contributed by atoms with Crippen molar-refractivity contribution in [3.8, 4) is 0 Å². The van der Waals surface area contributed by atoms with Gasteiger partial charge >= 0.3 is 5.97 Å². The van der Waals surface area contributed by atoms with Gasteiger partial charge in [0, 0.05) is 12.8 Å². The lowest BCUT2D eigenvalue weighted by Gasteiger charge is -2.18. The number of carbonyl (C=O) groups is 2. The lowest BCUT2D eigenvalue weighted by Crippen LogP contribution is -2.29. The van der Waals surface area contributed by atoms with Crippen LogP contribution in [0.15, 0.2) is 30.3 Å². The van der Waals surface area contributed by atoms with Gasteiger partial charge in [-0.3, -0.25) is 9.59 Å². The van der Waals surface area contributed by atoms with E-state index in [0.29, 0.717) is 12.3 Å². The lowest BCUT2D eigenvalue weighted by molar-refractivity contribution is -0.137. The van der Waals surface area contributed by atoms with Crippen LogP contribution in [0.1, 0.15) is 43.7 Å². The number of hydrogen-bond acceptors (Lipinski definition) is 2. The highest BCUT2D eigenvalue weighted by molar-refractivity contribution is 5.77. The Bertz CT molecular complexity index is 440. The number of hydrogen-bond donors (Lipinski definition) is 2. The molecule has 1 aliphatic rings. The van der Waals surface area contributed by atoms with Gasteiger partial charge in [0.25, 0.3) is 0 Å². The minimum absolute atomic E-state index is 0.0485. The Hall–Kier alpha value is -1.84. The van der Waals surface area contributed by atoms with Gasteiger partial charge in [-0.1, -0.05) is 30.3 Å². The molecule has 0 bridgehead atoms. The largest absolute Gasteiger partial charge is 0.481 e. The van der Waals surface area contributed by atoms with Crippen molar-refractivity contribution in [2.24, 2.45) is 5.92 Å². The molecule has 0 aromatic heterocycles. The summed E-state index contributed by atoms with van der Waals surface area (Å²) in [7, 11) is 0. The summed E-state index contributed by atoms with van der Waals surface area (Å²) in [6.45, 7) is 0. The first-order chi connectivity index (χ1) is 9.16. The highest BCUT2D eigenvalue weighted by Gasteiger charge is 2.33. The standard InChI is InChI=1S/C15H19NO3/c17-13(7-4-8-14(18)19)16-15(12-9-10-12)11-5-2-1-3-6-11/h1-3,5-6,12,15H,4,7-10H2,(H,16,17)(H,18,19). The van der Waals surface area contributed by atoms with Gasteiger partial charge in [-0.05, 0) is 30.7 Å². The summed E-state index contributed by atoms with van der Waals surface area (Å²) in [6, 6.07) is 10.0. The molecule has 1 aromatic carbocycles. The van der Waals surface area contributed by atoms with Crippen LogP contribution in [-0.2, 0) is 9.59 Å². The van der Waals surface area contributed by atoms with Crippen molar-refractivity contribution >= 4 is 11.9 Å². The van der Waals surface area contributed by atoms with Crippen molar-refractivity contribution in [2.75, 3.05) is 0 Å². The van der Waals surface area contributed by atoms with E-state index < -0.39 is 5.97 Å². The molecule has 0 radical (unpaired) electrons. The van der Waals surface area contributed by atoms with E-state index in [4.69, 9.17) is 5.11 Å². The van der Waals surface area contributed by atoms with E-state index in [1.54, 1.807) is 0 Å². The molecular formula is C15H19NO3. The van der Waals surface area contributed by atoms with Crippen LogP contribution >= 0.6 is 0 Å². The Labute approximate surface area is 112 Å². The molecular weight excluding hydrogens is 242 g/mol. The van der Waals surface area contributed by atoms with Crippen molar-refractivity contribution < 1.29 is 14.7 Å². The molecule has 1 saturated carbocycles. The second-order valence-electron chi connectivity index (χ2n) is 5.04. The first-order valence-corrected chi connectivity index (χ1v) is 6.73. The van der Waals surface area contributed by atoms with Crippen LogP contribution in [0.3, 0.4) is 0 Å². The maximum absolute atomic E-state index is 11.8. The van der Waals surface area contributed by atoms with Gasteiger partial charge in [-0.2, -0.15) is 0 Å². The zero-order valence-electron chi connectivity index (χ0n) is 10.8. The average Bonchev–Trinajstić information content (AvgIpc) is 3.21. The lowest BCUT2D eigenvalue weighted by atomic mass is 10.0. The minimum Gasteiger partial charge on any atom is -0.481 e. The number of amides is 1. The SMILES string of the molecule is O=C(O)CCCC(=O)NC(c1ccccc1)C1CC1. The third-order valence-electron chi connectivity index (χ3n) is 3.36. The van der Waals surface area contributed by atoms with Gasteiger partial charge < -0.3 is 10.4 Å². The summed E-state index contributed by atoms with van der Waals surface area (Å²) in [5.41, 5.74) is 1.14. The molecule has 2 N–H and O–H groups in total. The van der Waals surface area contributed by atoms with Crippen molar-refractivity contribution in [3.05, 3.63) is 35.9 Å². The van der Waals surface area contributed by atoms with Crippen molar-refractivity contribution in [1.82, 2.24) is 5.32 Å². The molecule has 1 fully saturated rings. The van der Waals surface area contributed by atoms with Crippen LogP contribution in [0, 0.1) is 5.92 Å². The van der Waals surface area contributed by atoms with E-state index in [2.05, 4.69) is 5.32 Å². The molecule has 1 atom stereocenters. The fourth-order valence-electron chi connectivity index (χ4n) is 2.21. The van der Waals surface area contributed by atoms with Crippen molar-refractivity contribution in [3.63, 3.8) is 0 Å².